The number of benzene rings is 3. The molecule has 5 amide bonds. The van der Waals surface area contributed by atoms with Crippen LogP contribution in [-0.2, 0) is 62.5 Å². The molecule has 3 aromatic rings. The lowest BCUT2D eigenvalue weighted by Gasteiger charge is -2.50. The summed E-state index contributed by atoms with van der Waals surface area (Å²) in [7, 11) is 1.28. The highest BCUT2D eigenvalue weighted by Crippen LogP contribution is 2.35. The molecule has 1 saturated heterocycles. The van der Waals surface area contributed by atoms with Crippen molar-refractivity contribution >= 4 is 41.7 Å². The van der Waals surface area contributed by atoms with Gasteiger partial charge in [0, 0.05) is 37.9 Å². The fraction of sp³-hybridized carbons (Fsp3) is 0.561. The van der Waals surface area contributed by atoms with Crippen LogP contribution in [0.4, 0.5) is 30.6 Å². The predicted octanol–water partition coefficient (Wildman–Crippen LogP) is 3.73. The molecule has 9 N–H and O–H groups in total. The van der Waals surface area contributed by atoms with Gasteiger partial charge in [-0.25, -0.2) is 19.2 Å². The Morgan fingerprint density at radius 3 is 1.80 bits per heavy atom. The van der Waals surface area contributed by atoms with Crippen LogP contribution in [0.5, 0.6) is 0 Å². The lowest BCUT2D eigenvalue weighted by molar-refractivity contribution is -0.385. The Balaban J connectivity index is 1.17. The number of carbonyl (C=O) groups is 5. The van der Waals surface area contributed by atoms with Crippen LogP contribution < -0.4 is 26.6 Å². The van der Waals surface area contributed by atoms with E-state index in [1.807, 2.05) is 19.1 Å². The first-order valence-corrected chi connectivity index (χ1v) is 28.0. The van der Waals surface area contributed by atoms with Gasteiger partial charge in [-0.05, 0) is 126 Å². The van der Waals surface area contributed by atoms with E-state index in [0.717, 1.165) is 28.9 Å². The fourth-order valence-corrected chi connectivity index (χ4v) is 9.76. The Morgan fingerprint density at radius 1 is 0.756 bits per heavy atom. The van der Waals surface area contributed by atoms with Crippen LogP contribution in [0.25, 0.3) is 0 Å². The van der Waals surface area contributed by atoms with E-state index in [1.165, 1.54) is 62.5 Å². The summed E-state index contributed by atoms with van der Waals surface area (Å²) in [6.07, 6.45) is -13.3. The van der Waals surface area contributed by atoms with Gasteiger partial charge in [0.2, 0.25) is 12.2 Å². The number of rotatable bonds is 24. The van der Waals surface area contributed by atoms with E-state index in [2.05, 4.69) is 26.6 Å². The zero-order valence-corrected chi connectivity index (χ0v) is 48.5. The molecule has 3 fully saturated rings. The van der Waals surface area contributed by atoms with E-state index in [1.54, 1.807) is 39.0 Å². The molecular formula is C57H76N8O21. The van der Waals surface area contributed by atoms with E-state index in [9.17, 15) is 64.6 Å². The molecule has 4 aliphatic rings. The first-order chi connectivity index (χ1) is 40.7. The van der Waals surface area contributed by atoms with Crippen LogP contribution >= 0.6 is 0 Å². The van der Waals surface area contributed by atoms with Crippen molar-refractivity contribution < 1.29 is 92.1 Å². The van der Waals surface area contributed by atoms with Crippen molar-refractivity contribution in [1.82, 2.24) is 31.5 Å². The van der Waals surface area contributed by atoms with E-state index < -0.39 is 138 Å². The first kappa shape index (κ1) is 65.8. The third kappa shape index (κ3) is 19.1. The smallest absolute Gasteiger partial charge is 0.410 e. The predicted molar refractivity (Wildman–Crippen MR) is 300 cm³/mol. The van der Waals surface area contributed by atoms with Gasteiger partial charge in [-0.2, -0.15) is 0 Å². The molecule has 86 heavy (non-hydrogen) atoms. The van der Waals surface area contributed by atoms with Crippen molar-refractivity contribution in [3.05, 3.63) is 127 Å². The zero-order chi connectivity index (χ0) is 62.5. The quantitative estimate of drug-likeness (QED) is 0.0350. The lowest BCUT2D eigenvalue weighted by Crippen LogP contribution is -2.70. The second-order valence-corrected chi connectivity index (χ2v) is 22.9. The summed E-state index contributed by atoms with van der Waals surface area (Å²) in [6, 6.07) is 12.3. The molecule has 2 aliphatic carbocycles. The number of hydrogen-bond donors (Lipinski definition) is 9. The molecular weight excluding hydrogens is 1130 g/mol. The number of nitro groups is 2. The Labute approximate surface area is 495 Å². The molecule has 12 atom stereocenters. The molecule has 0 spiro atoms. The maximum Gasteiger partial charge on any atom is 0.410 e. The molecule has 29 heteroatoms. The second kappa shape index (κ2) is 29.6. The van der Waals surface area contributed by atoms with Gasteiger partial charge < -0.3 is 89.8 Å². The molecule has 470 valence electrons. The third-order valence-electron chi connectivity index (χ3n) is 14.5. The number of carbonyl (C=O) groups excluding carboxylic acids is 5. The van der Waals surface area contributed by atoms with Crippen molar-refractivity contribution in [1.29, 1.82) is 0 Å². The average molecular weight is 1210 g/mol. The van der Waals surface area contributed by atoms with Gasteiger partial charge in [0.1, 0.15) is 67.3 Å². The maximum absolute atomic E-state index is 14.1. The second-order valence-electron chi connectivity index (χ2n) is 22.9. The Morgan fingerprint density at radius 2 is 1.27 bits per heavy atom. The molecule has 2 saturated carbocycles. The van der Waals surface area contributed by atoms with Crippen LogP contribution in [0, 0.1) is 33.1 Å². The van der Waals surface area contributed by atoms with Gasteiger partial charge in [0.05, 0.1) is 47.2 Å². The molecule has 0 unspecified atom stereocenters. The van der Waals surface area contributed by atoms with Crippen molar-refractivity contribution in [3.8, 4) is 0 Å². The molecule has 7 rings (SSSR count). The Kier molecular flexibility index (Phi) is 22.6. The number of likely N-dealkylation sites (N-methyl/N-ethyl adjacent to an activating group) is 1. The van der Waals surface area contributed by atoms with Gasteiger partial charge in [0.25, 0.3) is 11.4 Å². The summed E-state index contributed by atoms with van der Waals surface area (Å²) in [5.74, 6) is -0.208. The lowest BCUT2D eigenvalue weighted by atomic mass is 9.82. The van der Waals surface area contributed by atoms with Crippen LogP contribution in [0.1, 0.15) is 82.1 Å². The number of ether oxygens (including phenoxy) is 8. The monoisotopic (exact) mass is 1210 g/mol. The van der Waals surface area contributed by atoms with Crippen LogP contribution in [0.2, 0.25) is 0 Å². The van der Waals surface area contributed by atoms with Gasteiger partial charge in [-0.3, -0.25) is 25.0 Å². The summed E-state index contributed by atoms with van der Waals surface area (Å²) < 4.78 is 47.2. The van der Waals surface area contributed by atoms with Gasteiger partial charge in [-0.1, -0.05) is 29.8 Å². The van der Waals surface area contributed by atoms with Crippen molar-refractivity contribution in [2.75, 3.05) is 33.3 Å². The highest BCUT2D eigenvalue weighted by Gasteiger charge is 2.55. The minimum Gasteiger partial charge on any atom is -0.466 e. The molecule has 0 aromatic heterocycles. The first-order valence-electron chi connectivity index (χ1n) is 28.0. The normalized spacial score (nSPS) is 25.8. The number of non-ortho nitro benzene ring substituents is 2. The Hall–Kier alpha value is -7.77. The van der Waals surface area contributed by atoms with E-state index in [-0.39, 0.29) is 50.5 Å². The number of aliphatic hydroxyl groups excluding tert-OH is 3. The average Bonchev–Trinajstić information content (AvgIpc) is 1.91. The van der Waals surface area contributed by atoms with Gasteiger partial charge in [0.15, 0.2) is 6.29 Å². The largest absolute Gasteiger partial charge is 0.466 e. The molecule has 3 aromatic carbocycles. The third-order valence-corrected chi connectivity index (χ3v) is 14.5. The van der Waals surface area contributed by atoms with E-state index in [4.69, 9.17) is 37.9 Å². The van der Waals surface area contributed by atoms with Crippen molar-refractivity contribution in [2.45, 2.75) is 165 Å². The number of amides is 5. The van der Waals surface area contributed by atoms with Crippen LogP contribution in [0.15, 0.2) is 84.6 Å². The molecule has 29 nitrogen and oxygen atoms in total. The number of hydrogen-bond acceptors (Lipinski definition) is 22. The van der Waals surface area contributed by atoms with Crippen LogP contribution in [-0.4, -0.2) is 177 Å². The fourth-order valence-electron chi connectivity index (χ4n) is 9.76. The summed E-state index contributed by atoms with van der Waals surface area (Å²) >= 11 is 0. The summed E-state index contributed by atoms with van der Waals surface area (Å²) in [5.41, 5.74) is -0.831. The number of aryl methyl sites for hydroxylation is 1. The van der Waals surface area contributed by atoms with Crippen molar-refractivity contribution in [3.63, 3.8) is 0 Å². The highest BCUT2D eigenvalue weighted by atomic mass is 16.7. The van der Waals surface area contributed by atoms with Gasteiger partial charge >= 0.3 is 24.4 Å². The number of nitro benzene ring substituents is 2. The highest BCUT2D eigenvalue weighted by molar-refractivity contribution is 5.81. The van der Waals surface area contributed by atoms with E-state index >= 15 is 0 Å². The summed E-state index contributed by atoms with van der Waals surface area (Å²) in [4.78, 5) is 90.0. The zero-order valence-electron chi connectivity index (χ0n) is 48.5. The molecule has 2 heterocycles. The maximum atomic E-state index is 14.1. The number of nitrogens with zero attached hydrogens (tertiary/aromatic N) is 3. The minimum atomic E-state index is -2.02. The molecule has 0 bridgehead atoms. The molecule has 0 radical (unpaired) electrons. The Bertz CT molecular complexity index is 2850. The van der Waals surface area contributed by atoms with E-state index in [0.29, 0.717) is 29.3 Å². The minimum absolute atomic E-state index is 0.0559. The number of aliphatic hydroxyl groups is 4. The summed E-state index contributed by atoms with van der Waals surface area (Å²) in [6.45, 7) is 7.37. The number of nitrogens with one attached hydrogen (secondary N) is 5. The summed E-state index contributed by atoms with van der Waals surface area (Å²) in [5, 5.41) is 84.1. The topological polar surface area (TPSA) is 390 Å². The SMILES string of the molecule is Cc1ccc(COC(=O)NCC[C@H](O)C(=O)N[C@@H]2C[C@H](NC(=O)OCc3ccc([N+](=O)[O-])cc3)[C@@H](O[C@H]3OC(CNCC4CC4)=CC[C@H]3NC(=O)OCc3ccc([N+](=O)[O-])cc3)[C@H](O)[C@H]2O[C@H]2OC[C@](C)(O)[C@H](N(C)C(=O)OC(C)(C)C)[C@H]2O)cc1. The number of alkyl carbamates (subject to hydrolysis) is 3. The van der Waals surface area contributed by atoms with Crippen LogP contribution in [0.3, 0.4) is 0 Å². The van der Waals surface area contributed by atoms with Crippen molar-refractivity contribution in [2.24, 2.45) is 5.92 Å². The standard InChI is InChI=1S/C57H76N8O21/c1-32-7-9-34(10-8-32)28-79-52(70)59-24-23-43(66)49(69)60-41-25-42(62-54(72)81-30-36-15-19-38(20-16-36)65(77)78)47(44(67)46(41)85-51-45(68)48(57(5,74)31-82-51)63(6)55(73)86-56(2,3)4)84-50-40(22-21-39(83-50)27-58-26-33-11-12-33)61-53(71)80-29-35-13-17-37(18-14-35)64(75)76/h7-10,13-21,33,40-48,50-51,58,66-68,74H,11-12,22-31H2,1-6H3,(H,59,70)(H,60,69)(H,61,71)(H,62,72)/t40-,41-,42+,43+,44-,45-,46+,47-,48-,50-,51-,57+/m1/s1. The molecule has 2 aliphatic heterocycles. The van der Waals surface area contributed by atoms with Gasteiger partial charge in [-0.15, -0.1) is 0 Å².